The topological polar surface area (TPSA) is 107 Å². The quantitative estimate of drug-likeness (QED) is 0.450. The van der Waals surface area contributed by atoms with Crippen LogP contribution >= 0.6 is 0 Å². The van der Waals surface area contributed by atoms with Gasteiger partial charge in [-0.15, -0.1) is 0 Å². The zero-order chi connectivity index (χ0) is 26.4. The molecule has 3 fully saturated rings. The van der Waals surface area contributed by atoms with Gasteiger partial charge in [0.2, 0.25) is 16.0 Å². The summed E-state index contributed by atoms with van der Waals surface area (Å²) in [4.78, 5) is 11.5. The zero-order valence-electron chi connectivity index (χ0n) is 22.7. The van der Waals surface area contributed by atoms with Crippen LogP contribution in [0.15, 0.2) is 24.3 Å². The molecule has 8 nitrogen and oxygen atoms in total. The number of hydrogen-bond donors (Lipinski definition) is 3. The second-order valence-electron chi connectivity index (χ2n) is 12.5. The predicted molar refractivity (Wildman–Crippen MR) is 149 cm³/mol. The molecule has 1 aromatic carbocycles. The lowest BCUT2D eigenvalue weighted by molar-refractivity contribution is 0.0151. The van der Waals surface area contributed by atoms with Gasteiger partial charge in [0, 0.05) is 38.0 Å². The first-order valence-corrected chi connectivity index (χ1v) is 15.5. The van der Waals surface area contributed by atoms with Crippen molar-refractivity contribution in [3.63, 3.8) is 0 Å². The number of sulfonamides is 1. The Morgan fingerprint density at radius 3 is 2.32 bits per heavy atom. The summed E-state index contributed by atoms with van der Waals surface area (Å²) in [5.74, 6) is 2.92. The van der Waals surface area contributed by atoms with E-state index in [1.807, 2.05) is 43.3 Å². The number of rotatable bonds is 9. The number of nitrogens with one attached hydrogen (secondary N) is 2. The van der Waals surface area contributed by atoms with Crippen molar-refractivity contribution in [3.05, 3.63) is 24.3 Å². The molecule has 3 aliphatic carbocycles. The van der Waals surface area contributed by atoms with Crippen LogP contribution in [-0.2, 0) is 10.0 Å². The highest BCUT2D eigenvalue weighted by atomic mass is 32.2. The fourth-order valence-corrected chi connectivity index (χ4v) is 9.35. The van der Waals surface area contributed by atoms with Gasteiger partial charge in [-0.3, -0.25) is 0 Å². The Morgan fingerprint density at radius 2 is 1.70 bits per heavy atom. The van der Waals surface area contributed by atoms with Crippen LogP contribution in [0.25, 0.3) is 10.9 Å². The maximum Gasteiger partial charge on any atom is 0.225 e. The molecule has 3 atom stereocenters. The van der Waals surface area contributed by atoms with E-state index in [0.717, 1.165) is 68.2 Å². The van der Waals surface area contributed by atoms with Crippen molar-refractivity contribution < 1.29 is 13.5 Å². The largest absolute Gasteiger partial charge is 0.392 e. The first kappa shape index (κ1) is 26.6. The lowest BCUT2D eigenvalue weighted by atomic mass is 9.70. The summed E-state index contributed by atoms with van der Waals surface area (Å²) >= 11 is 0. The Kier molecular flexibility index (Phi) is 7.17. The standard InChI is InChI=1S/C28H43N5O3S/c1-27(2)21-13-14-28(27,24(34)15-21)18-37(35,36)30-17-20-11-9-19(10-12-20)16-29-26-31-23-8-6-5-7-22(23)25(32-26)33(3)4/h5-8,19-21,24,30,34H,9-18H2,1-4H3,(H,29,31,32)/t19?,20?,21-,24-,28-/m1/s1. The molecule has 9 heteroatoms. The van der Waals surface area contributed by atoms with Gasteiger partial charge in [0.25, 0.3) is 0 Å². The molecule has 0 radical (unpaired) electrons. The molecule has 0 aliphatic heterocycles. The minimum absolute atomic E-state index is 0.0463. The highest BCUT2D eigenvalue weighted by Gasteiger charge is 2.64. The molecule has 37 heavy (non-hydrogen) atoms. The molecule has 0 saturated heterocycles. The molecule has 204 valence electrons. The van der Waals surface area contributed by atoms with E-state index in [9.17, 15) is 13.5 Å². The maximum atomic E-state index is 13.1. The van der Waals surface area contributed by atoms with E-state index in [1.54, 1.807) is 0 Å². The second kappa shape index (κ2) is 9.97. The summed E-state index contributed by atoms with van der Waals surface area (Å²) in [5, 5.41) is 15.2. The van der Waals surface area contributed by atoms with Crippen molar-refractivity contribution in [2.75, 3.05) is 43.2 Å². The summed E-state index contributed by atoms with van der Waals surface area (Å²) in [6.45, 7) is 5.62. The number of hydrogen-bond acceptors (Lipinski definition) is 7. The first-order chi connectivity index (χ1) is 17.5. The third kappa shape index (κ3) is 5.06. The fraction of sp³-hybridized carbons (Fsp3) is 0.714. The van der Waals surface area contributed by atoms with Crippen LogP contribution < -0.4 is 14.9 Å². The van der Waals surface area contributed by atoms with Crippen LogP contribution in [0.4, 0.5) is 11.8 Å². The van der Waals surface area contributed by atoms with Crippen molar-refractivity contribution in [2.45, 2.75) is 64.9 Å². The van der Waals surface area contributed by atoms with Crippen LogP contribution in [0.5, 0.6) is 0 Å². The van der Waals surface area contributed by atoms with Crippen LogP contribution in [0, 0.1) is 28.6 Å². The van der Waals surface area contributed by atoms with Gasteiger partial charge in [-0.25, -0.2) is 18.1 Å². The van der Waals surface area contributed by atoms with Gasteiger partial charge in [-0.05, 0) is 80.2 Å². The van der Waals surface area contributed by atoms with E-state index in [2.05, 4.69) is 23.9 Å². The van der Waals surface area contributed by atoms with Crippen LogP contribution in [0.2, 0.25) is 0 Å². The molecular formula is C28H43N5O3S. The van der Waals surface area contributed by atoms with E-state index in [0.29, 0.717) is 30.2 Å². The third-order valence-corrected chi connectivity index (χ3v) is 11.5. The molecule has 1 aromatic heterocycles. The molecule has 2 bridgehead atoms. The molecule has 1 heterocycles. The monoisotopic (exact) mass is 529 g/mol. The zero-order valence-corrected chi connectivity index (χ0v) is 23.5. The Balaban J connectivity index is 1.11. The SMILES string of the molecule is CN(C)c1nc(NCC2CCC(CNS(=O)(=O)C[C@]34CC[C@H](C[C@H]3O)C4(C)C)CC2)nc2ccccc12. The van der Waals surface area contributed by atoms with Crippen molar-refractivity contribution in [1.29, 1.82) is 0 Å². The van der Waals surface area contributed by atoms with Gasteiger partial charge >= 0.3 is 0 Å². The number of aliphatic hydroxyl groups is 1. The molecule has 3 aliphatic rings. The molecule has 2 aromatic rings. The van der Waals surface area contributed by atoms with Crippen LogP contribution in [0.3, 0.4) is 0 Å². The number of nitrogens with zero attached hydrogens (tertiary/aromatic N) is 3. The number of anilines is 2. The van der Waals surface area contributed by atoms with E-state index >= 15 is 0 Å². The van der Waals surface area contributed by atoms with Crippen molar-refractivity contribution in [3.8, 4) is 0 Å². The Hall–Kier alpha value is -1.97. The van der Waals surface area contributed by atoms with E-state index in [1.165, 1.54) is 0 Å². The van der Waals surface area contributed by atoms with Crippen LogP contribution in [-0.4, -0.2) is 62.5 Å². The van der Waals surface area contributed by atoms with Crippen LogP contribution in [0.1, 0.15) is 58.8 Å². The number of para-hydroxylation sites is 1. The first-order valence-electron chi connectivity index (χ1n) is 13.8. The fourth-order valence-electron chi connectivity index (χ4n) is 7.37. The molecule has 0 amide bonds. The average Bonchev–Trinajstić information content (AvgIpc) is 3.20. The van der Waals surface area contributed by atoms with E-state index in [4.69, 9.17) is 9.97 Å². The summed E-state index contributed by atoms with van der Waals surface area (Å²) < 4.78 is 29.1. The Bertz CT molecular complexity index is 1230. The van der Waals surface area contributed by atoms with Crippen molar-refractivity contribution in [2.24, 2.45) is 28.6 Å². The smallest absolute Gasteiger partial charge is 0.225 e. The minimum atomic E-state index is -3.44. The Morgan fingerprint density at radius 1 is 1.03 bits per heavy atom. The molecule has 0 unspecified atom stereocenters. The van der Waals surface area contributed by atoms with Gasteiger partial charge < -0.3 is 15.3 Å². The minimum Gasteiger partial charge on any atom is -0.392 e. The summed E-state index contributed by atoms with van der Waals surface area (Å²) in [5.41, 5.74) is 0.291. The van der Waals surface area contributed by atoms with Gasteiger partial charge in [0.1, 0.15) is 5.82 Å². The number of benzene rings is 1. The van der Waals surface area contributed by atoms with Gasteiger partial charge in [-0.2, -0.15) is 4.98 Å². The molecular weight excluding hydrogens is 486 g/mol. The normalized spacial score (nSPS) is 31.1. The molecule has 3 N–H and O–H groups in total. The summed E-state index contributed by atoms with van der Waals surface area (Å²) in [6, 6.07) is 8.06. The highest BCUT2D eigenvalue weighted by molar-refractivity contribution is 7.89. The Labute approximate surface area is 221 Å². The average molecular weight is 530 g/mol. The van der Waals surface area contributed by atoms with E-state index < -0.39 is 21.5 Å². The summed E-state index contributed by atoms with van der Waals surface area (Å²) in [7, 11) is 0.546. The number of fused-ring (bicyclic) bond motifs is 3. The van der Waals surface area contributed by atoms with Crippen molar-refractivity contribution >= 4 is 32.7 Å². The lowest BCUT2D eigenvalue weighted by Crippen LogP contribution is -2.47. The highest BCUT2D eigenvalue weighted by Crippen LogP contribution is 2.66. The number of aliphatic hydroxyl groups excluding tert-OH is 1. The number of aromatic nitrogens is 2. The van der Waals surface area contributed by atoms with E-state index in [-0.39, 0.29) is 11.2 Å². The second-order valence-corrected chi connectivity index (χ2v) is 14.3. The predicted octanol–water partition coefficient (Wildman–Crippen LogP) is 4.02. The molecule has 0 spiro atoms. The van der Waals surface area contributed by atoms with Crippen molar-refractivity contribution in [1.82, 2.24) is 14.7 Å². The van der Waals surface area contributed by atoms with Gasteiger partial charge in [0.05, 0.1) is 17.4 Å². The third-order valence-electron chi connectivity index (χ3n) is 9.95. The summed E-state index contributed by atoms with van der Waals surface area (Å²) in [6.07, 6.45) is 6.20. The van der Waals surface area contributed by atoms with Gasteiger partial charge in [0.15, 0.2) is 0 Å². The molecule has 5 rings (SSSR count). The lowest BCUT2D eigenvalue weighted by Gasteiger charge is -2.40. The maximum absolute atomic E-state index is 13.1. The molecule has 3 saturated carbocycles. The van der Waals surface area contributed by atoms with Gasteiger partial charge in [-0.1, -0.05) is 26.0 Å².